The van der Waals surface area contributed by atoms with Crippen LogP contribution in [-0.4, -0.2) is 42.3 Å². The van der Waals surface area contributed by atoms with Crippen LogP contribution in [0.3, 0.4) is 0 Å². The molecule has 2 aliphatic rings. The molecule has 2 atom stereocenters. The molecule has 0 amide bonds. The van der Waals surface area contributed by atoms with Crippen molar-refractivity contribution >= 4 is 11.9 Å². The molecule has 0 aromatic heterocycles. The zero-order valence-corrected chi connectivity index (χ0v) is 33.0. The Bertz CT molecular complexity index is 1940. The number of hydrogen-bond donors (Lipinski definition) is 1. The summed E-state index contributed by atoms with van der Waals surface area (Å²) in [6, 6.07) is 20.5. The van der Waals surface area contributed by atoms with Gasteiger partial charge in [0.05, 0.1) is 42.8 Å². The molecule has 308 valence electrons. The molecule has 14 heteroatoms. The Kier molecular flexibility index (Phi) is 17.4. The molecule has 6 rings (SSSR count). The van der Waals surface area contributed by atoms with Crippen LogP contribution in [0.2, 0.25) is 0 Å². The van der Waals surface area contributed by atoms with Gasteiger partial charge in [-0.2, -0.15) is 26.3 Å². The summed E-state index contributed by atoms with van der Waals surface area (Å²) in [6.07, 6.45) is -3.29. The molecule has 0 saturated heterocycles. The minimum Gasteiger partial charge on any atom is -0.870 e. The van der Waals surface area contributed by atoms with Gasteiger partial charge in [0.25, 0.3) is 0 Å². The minimum atomic E-state index is -4.39. The van der Waals surface area contributed by atoms with Gasteiger partial charge in [0.1, 0.15) is 11.5 Å². The molecule has 0 spiro atoms. The third-order valence-electron chi connectivity index (χ3n) is 9.89. The molecule has 0 bridgehead atoms. The third kappa shape index (κ3) is 13.0. The summed E-state index contributed by atoms with van der Waals surface area (Å²) in [5, 5.41) is 9.39. The van der Waals surface area contributed by atoms with Crippen LogP contribution in [0.1, 0.15) is 93.4 Å². The number of hydrogen-bond acceptors (Lipinski definition) is 6. The van der Waals surface area contributed by atoms with Crippen molar-refractivity contribution in [2.75, 3.05) is 19.8 Å². The second-order valence-electron chi connectivity index (χ2n) is 14.2. The second-order valence-corrected chi connectivity index (χ2v) is 14.2. The summed E-state index contributed by atoms with van der Waals surface area (Å²) < 4.78 is 94.1. The van der Waals surface area contributed by atoms with Crippen LogP contribution in [0.4, 0.5) is 26.3 Å². The van der Waals surface area contributed by atoms with E-state index in [0.717, 1.165) is 55.5 Å². The maximum Gasteiger partial charge on any atom is 1.00 e. The fourth-order valence-corrected chi connectivity index (χ4v) is 6.22. The standard InChI is InChI=1S/C23H25F3O3.C21H21F3O3.Li.H2O/c1-3-19(22(27)28-4-2)17-9-12-20(21(13-17)29-14-15-5-6-15)16-7-10-18(11-8-16)23(24,25)26;1-2-17(20(25)26)15-7-10-18(19(11-15)27-12-13-3-4-13)14-5-8-16(9-6-14)21(22,23)24;;/h7-13,15,19H,3-6,14H2,1-2H3;5-11,13,17H,2-4,12H2,1H3,(H,25,26);;1H2/q;;+1;/p-1. The number of aliphatic carboxylic acids is 1. The van der Waals surface area contributed by atoms with Gasteiger partial charge in [-0.1, -0.05) is 62.4 Å². The van der Waals surface area contributed by atoms with Gasteiger partial charge >= 0.3 is 43.2 Å². The Balaban J connectivity index is 0.000000301. The van der Waals surface area contributed by atoms with E-state index in [1.807, 2.05) is 25.1 Å². The number of carboxylic acids is 1. The van der Waals surface area contributed by atoms with Crippen molar-refractivity contribution in [3.05, 3.63) is 107 Å². The Morgan fingerprint density at radius 2 is 1.02 bits per heavy atom. The zero-order valence-electron chi connectivity index (χ0n) is 33.0. The SMILES string of the molecule is CCC(C(=O)O)c1ccc(-c2ccc(C(F)(F)F)cc2)c(OCC2CC2)c1.CCOC(=O)C(CC)c1ccc(-c2ccc(C(F)(F)F)cc2)c(OCC2CC2)c1.[Li+].[OH-]. The summed E-state index contributed by atoms with van der Waals surface area (Å²) in [5.74, 6) is -0.134. The molecular formula is C44H47F6LiO7. The van der Waals surface area contributed by atoms with E-state index in [1.165, 1.54) is 24.3 Å². The molecule has 0 heterocycles. The predicted octanol–water partition coefficient (Wildman–Crippen LogP) is 8.78. The van der Waals surface area contributed by atoms with Crippen molar-refractivity contribution in [3.8, 4) is 33.8 Å². The van der Waals surface area contributed by atoms with Crippen molar-refractivity contribution in [3.63, 3.8) is 0 Å². The minimum absolute atomic E-state index is 0. The Hall–Kier alpha value is -4.44. The topological polar surface area (TPSA) is 112 Å². The Labute approximate surface area is 346 Å². The van der Waals surface area contributed by atoms with E-state index in [4.69, 9.17) is 14.2 Å². The monoisotopic (exact) mass is 808 g/mol. The maximum atomic E-state index is 12.9. The molecule has 4 aromatic rings. The van der Waals surface area contributed by atoms with Gasteiger partial charge < -0.3 is 24.8 Å². The summed E-state index contributed by atoms with van der Waals surface area (Å²) in [4.78, 5) is 23.7. The van der Waals surface area contributed by atoms with Gasteiger partial charge in [0.2, 0.25) is 0 Å². The Morgan fingerprint density at radius 3 is 1.33 bits per heavy atom. The number of carbonyl (C=O) groups is 2. The Morgan fingerprint density at radius 1 is 0.638 bits per heavy atom. The van der Waals surface area contributed by atoms with E-state index in [0.29, 0.717) is 83.8 Å². The molecule has 2 fully saturated rings. The normalized spacial score (nSPS) is 14.7. The van der Waals surface area contributed by atoms with Gasteiger partial charge in [-0.3, -0.25) is 9.59 Å². The molecule has 58 heavy (non-hydrogen) atoms. The molecular weight excluding hydrogens is 761 g/mol. The van der Waals surface area contributed by atoms with Gasteiger partial charge in [0, 0.05) is 11.1 Å². The first-order valence-corrected chi connectivity index (χ1v) is 18.9. The second kappa shape index (κ2) is 21.0. The van der Waals surface area contributed by atoms with E-state index in [9.17, 15) is 41.0 Å². The van der Waals surface area contributed by atoms with Crippen molar-refractivity contribution in [2.24, 2.45) is 11.8 Å². The van der Waals surface area contributed by atoms with Crippen molar-refractivity contribution in [1.29, 1.82) is 0 Å². The third-order valence-corrected chi connectivity index (χ3v) is 9.89. The number of carboxylic acid groups (broad SMARTS) is 1. The van der Waals surface area contributed by atoms with Crippen LogP contribution in [0.15, 0.2) is 84.9 Å². The van der Waals surface area contributed by atoms with Gasteiger partial charge in [0.15, 0.2) is 0 Å². The van der Waals surface area contributed by atoms with Crippen LogP contribution in [0, 0.1) is 11.8 Å². The molecule has 7 nitrogen and oxygen atoms in total. The van der Waals surface area contributed by atoms with E-state index in [1.54, 1.807) is 32.0 Å². The number of benzene rings is 4. The van der Waals surface area contributed by atoms with Crippen LogP contribution in [-0.2, 0) is 26.7 Å². The molecule has 2 N–H and O–H groups in total. The molecule has 2 unspecified atom stereocenters. The smallest absolute Gasteiger partial charge is 0.870 e. The van der Waals surface area contributed by atoms with Crippen LogP contribution >= 0.6 is 0 Å². The van der Waals surface area contributed by atoms with Crippen molar-refractivity contribution in [1.82, 2.24) is 0 Å². The van der Waals surface area contributed by atoms with E-state index in [2.05, 4.69) is 0 Å². The average Bonchev–Trinajstić information content (AvgIpc) is 4.10. The summed E-state index contributed by atoms with van der Waals surface area (Å²) in [7, 11) is 0. The molecule has 0 aliphatic heterocycles. The fourth-order valence-electron chi connectivity index (χ4n) is 6.22. The number of alkyl halides is 6. The number of ether oxygens (including phenoxy) is 3. The summed E-state index contributed by atoms with van der Waals surface area (Å²) in [6.45, 7) is 6.88. The number of rotatable bonds is 15. The summed E-state index contributed by atoms with van der Waals surface area (Å²) >= 11 is 0. The van der Waals surface area contributed by atoms with Crippen molar-refractivity contribution in [2.45, 2.75) is 83.5 Å². The van der Waals surface area contributed by atoms with Gasteiger partial charge in [-0.25, -0.2) is 0 Å². The van der Waals surface area contributed by atoms with Gasteiger partial charge in [-0.15, -0.1) is 0 Å². The first-order chi connectivity index (χ1) is 26.6. The van der Waals surface area contributed by atoms with Crippen molar-refractivity contribution < 1.29 is 79.6 Å². The quantitative estimate of drug-likeness (QED) is 0.0726. The average molecular weight is 809 g/mol. The number of esters is 1. The van der Waals surface area contributed by atoms with Crippen LogP contribution in [0.25, 0.3) is 22.3 Å². The maximum absolute atomic E-state index is 12.9. The fraction of sp³-hybridized carbons (Fsp3) is 0.409. The molecule has 0 radical (unpaired) electrons. The zero-order chi connectivity index (χ0) is 40.6. The largest absolute Gasteiger partial charge is 1.00 e. The molecule has 4 aromatic carbocycles. The first kappa shape index (κ1) is 47.9. The van der Waals surface area contributed by atoms with E-state index < -0.39 is 41.3 Å². The first-order valence-electron chi connectivity index (χ1n) is 18.9. The van der Waals surface area contributed by atoms with Gasteiger partial charge in [-0.05, 0) is 116 Å². The van der Waals surface area contributed by atoms with E-state index >= 15 is 0 Å². The van der Waals surface area contributed by atoms with Crippen LogP contribution < -0.4 is 28.3 Å². The molecule has 2 saturated carbocycles. The molecule has 2 aliphatic carbocycles. The number of halogens is 6. The van der Waals surface area contributed by atoms with E-state index in [-0.39, 0.29) is 30.3 Å². The van der Waals surface area contributed by atoms with Crippen LogP contribution in [0.5, 0.6) is 11.5 Å². The summed E-state index contributed by atoms with van der Waals surface area (Å²) in [5.41, 5.74) is 2.63. The predicted molar refractivity (Wildman–Crippen MR) is 202 cm³/mol. The number of carbonyl (C=O) groups excluding carboxylic acids is 1.